The van der Waals surface area contributed by atoms with Crippen molar-refractivity contribution in [2.45, 2.75) is 62.1 Å². The molecule has 3 atom stereocenters. The minimum Gasteiger partial charge on any atom is -0.493 e. The van der Waals surface area contributed by atoms with E-state index in [9.17, 15) is 10.0 Å². The van der Waals surface area contributed by atoms with E-state index in [1.54, 1.807) is 53.2 Å². The maximum Gasteiger partial charge on any atom is 0.249 e. The Hall–Kier alpha value is -3.57. The van der Waals surface area contributed by atoms with Gasteiger partial charge in [0.1, 0.15) is 5.44 Å². The Balaban J connectivity index is 1.63. The summed E-state index contributed by atoms with van der Waals surface area (Å²) >= 11 is 7.60. The van der Waals surface area contributed by atoms with Crippen molar-refractivity contribution in [1.29, 1.82) is 0 Å². The highest BCUT2D eigenvalue weighted by atomic mass is 35.5. The standard InChI is InChI=1S/C34H40ClNO8S/c1-7-32(37)36(38)16-8-9-22-17-23(18-29(39-3)33(22)43-21(2)45-26-12-10-25(35)11-13-26)27-14-15-28(44-27)24-19-30(40-4)34(42-6)31(20-24)41-5/h8,10-13,16-21,27-28,38H,7,9,14-15H2,1-6H3. The molecule has 4 rings (SSSR count). The quantitative estimate of drug-likeness (QED) is 0.0797. The number of hydrogen-bond acceptors (Lipinski definition) is 9. The van der Waals surface area contributed by atoms with Gasteiger partial charge in [0.15, 0.2) is 23.0 Å². The van der Waals surface area contributed by atoms with Gasteiger partial charge in [-0.15, -0.1) is 0 Å². The number of hydroxylamine groups is 2. The minimum absolute atomic E-state index is 0.185. The fraction of sp³-hybridized carbons (Fsp3) is 0.382. The molecule has 3 aromatic carbocycles. The highest BCUT2D eigenvalue weighted by Crippen LogP contribution is 2.47. The predicted octanol–water partition coefficient (Wildman–Crippen LogP) is 8.17. The van der Waals surface area contributed by atoms with Gasteiger partial charge in [-0.3, -0.25) is 10.0 Å². The van der Waals surface area contributed by atoms with Crippen LogP contribution in [0.5, 0.6) is 28.7 Å². The summed E-state index contributed by atoms with van der Waals surface area (Å²) in [4.78, 5) is 12.9. The first kappa shape index (κ1) is 34.3. The molecule has 11 heteroatoms. The van der Waals surface area contributed by atoms with Crippen molar-refractivity contribution in [3.05, 3.63) is 82.5 Å². The van der Waals surface area contributed by atoms with E-state index in [0.717, 1.165) is 34.4 Å². The summed E-state index contributed by atoms with van der Waals surface area (Å²) in [7, 11) is 6.36. The summed E-state index contributed by atoms with van der Waals surface area (Å²) in [6.45, 7) is 3.65. The van der Waals surface area contributed by atoms with Crippen molar-refractivity contribution in [1.82, 2.24) is 5.06 Å². The Bertz CT molecular complexity index is 1460. The third kappa shape index (κ3) is 8.58. The summed E-state index contributed by atoms with van der Waals surface area (Å²) in [6.07, 6.45) is 4.78. The molecule has 1 fully saturated rings. The summed E-state index contributed by atoms with van der Waals surface area (Å²) in [6, 6.07) is 15.4. The predicted molar refractivity (Wildman–Crippen MR) is 174 cm³/mol. The van der Waals surface area contributed by atoms with E-state index in [0.29, 0.717) is 45.3 Å². The second-order valence-corrected chi connectivity index (χ2v) is 12.1. The number of hydrogen-bond donors (Lipinski definition) is 1. The second-order valence-electron chi connectivity index (χ2n) is 10.3. The molecule has 1 aliphatic rings. The lowest BCUT2D eigenvalue weighted by molar-refractivity contribution is -0.153. The van der Waals surface area contributed by atoms with E-state index in [1.807, 2.05) is 55.5 Å². The van der Waals surface area contributed by atoms with Crippen molar-refractivity contribution in [2.75, 3.05) is 28.4 Å². The number of carbonyl (C=O) groups is 1. The Morgan fingerprint density at radius 1 is 0.956 bits per heavy atom. The van der Waals surface area contributed by atoms with Gasteiger partial charge in [-0.25, -0.2) is 0 Å². The van der Waals surface area contributed by atoms with Crippen LogP contribution in [0.15, 0.2) is 65.7 Å². The number of methoxy groups -OCH3 is 4. The number of rotatable bonds is 14. The molecule has 0 aromatic heterocycles. The van der Waals surface area contributed by atoms with E-state index < -0.39 is 5.91 Å². The minimum atomic E-state index is -0.403. The van der Waals surface area contributed by atoms with Crippen molar-refractivity contribution in [3.8, 4) is 28.7 Å². The number of nitrogens with zero attached hydrogens (tertiary/aromatic N) is 1. The highest BCUT2D eigenvalue weighted by Gasteiger charge is 2.31. The molecule has 0 spiro atoms. The Morgan fingerprint density at radius 2 is 1.51 bits per heavy atom. The van der Waals surface area contributed by atoms with Crippen molar-refractivity contribution in [3.63, 3.8) is 0 Å². The lowest BCUT2D eigenvalue weighted by atomic mass is 9.99. The van der Waals surface area contributed by atoms with Gasteiger partial charge in [0.05, 0.1) is 40.6 Å². The summed E-state index contributed by atoms with van der Waals surface area (Å²) in [5.74, 6) is 2.40. The number of ether oxygens (including phenoxy) is 6. The van der Waals surface area contributed by atoms with Crippen LogP contribution in [0.4, 0.5) is 0 Å². The highest BCUT2D eigenvalue weighted by molar-refractivity contribution is 7.99. The fourth-order valence-corrected chi connectivity index (χ4v) is 6.09. The molecule has 0 saturated carbocycles. The molecule has 9 nitrogen and oxygen atoms in total. The zero-order valence-electron chi connectivity index (χ0n) is 26.4. The molecule has 242 valence electrons. The van der Waals surface area contributed by atoms with Crippen molar-refractivity contribution in [2.24, 2.45) is 0 Å². The van der Waals surface area contributed by atoms with Crippen LogP contribution in [0, 0.1) is 0 Å². The van der Waals surface area contributed by atoms with Crippen LogP contribution in [0.3, 0.4) is 0 Å². The molecular weight excluding hydrogens is 618 g/mol. The number of allylic oxidation sites excluding steroid dienone is 1. The molecule has 1 aliphatic heterocycles. The Kier molecular flexibility index (Phi) is 12.3. The van der Waals surface area contributed by atoms with Gasteiger partial charge in [-0.1, -0.05) is 36.4 Å². The smallest absolute Gasteiger partial charge is 0.249 e. The van der Waals surface area contributed by atoms with Crippen LogP contribution in [0.25, 0.3) is 0 Å². The van der Waals surface area contributed by atoms with Crippen LogP contribution < -0.4 is 23.7 Å². The number of benzene rings is 3. The van der Waals surface area contributed by atoms with Gasteiger partial charge in [-0.05, 0) is 85.8 Å². The Labute approximate surface area is 273 Å². The van der Waals surface area contributed by atoms with Crippen LogP contribution in [0.2, 0.25) is 5.02 Å². The SMILES string of the molecule is CCC(=O)N(O)C=CCc1cc(C2CCC(c3cc(OC)c(OC)c(OC)c3)O2)cc(OC)c1OC(C)Sc1ccc(Cl)cc1. The first-order valence-corrected chi connectivity index (χ1v) is 15.9. The van der Waals surface area contributed by atoms with E-state index in [1.165, 1.54) is 6.20 Å². The number of amides is 1. The maximum atomic E-state index is 11.9. The van der Waals surface area contributed by atoms with Crippen LogP contribution >= 0.6 is 23.4 Å². The summed E-state index contributed by atoms with van der Waals surface area (Å²) in [5, 5.41) is 11.3. The average molecular weight is 658 g/mol. The van der Waals surface area contributed by atoms with Gasteiger partial charge in [0.25, 0.3) is 0 Å². The van der Waals surface area contributed by atoms with Crippen molar-refractivity contribution >= 4 is 29.3 Å². The average Bonchev–Trinajstić information content (AvgIpc) is 3.55. The Morgan fingerprint density at radius 3 is 2.04 bits per heavy atom. The third-order valence-electron chi connectivity index (χ3n) is 7.37. The molecule has 0 aliphatic carbocycles. The zero-order valence-corrected chi connectivity index (χ0v) is 27.9. The van der Waals surface area contributed by atoms with Gasteiger partial charge in [-0.2, -0.15) is 5.06 Å². The van der Waals surface area contributed by atoms with Gasteiger partial charge < -0.3 is 28.4 Å². The molecular formula is C34H40ClNO8S. The summed E-state index contributed by atoms with van der Waals surface area (Å²) < 4.78 is 35.5. The van der Waals surface area contributed by atoms with E-state index >= 15 is 0 Å². The van der Waals surface area contributed by atoms with Gasteiger partial charge >= 0.3 is 0 Å². The second kappa shape index (κ2) is 16.1. The number of carbonyl (C=O) groups excluding carboxylic acids is 1. The first-order valence-electron chi connectivity index (χ1n) is 14.6. The van der Waals surface area contributed by atoms with Gasteiger partial charge in [0, 0.05) is 28.1 Å². The van der Waals surface area contributed by atoms with E-state index in [-0.39, 0.29) is 24.1 Å². The van der Waals surface area contributed by atoms with Gasteiger partial charge in [0.2, 0.25) is 11.7 Å². The zero-order chi connectivity index (χ0) is 32.5. The topological polar surface area (TPSA) is 95.9 Å². The first-order chi connectivity index (χ1) is 21.7. The monoisotopic (exact) mass is 657 g/mol. The molecule has 45 heavy (non-hydrogen) atoms. The third-order valence-corrected chi connectivity index (χ3v) is 8.59. The lowest BCUT2D eigenvalue weighted by Crippen LogP contribution is -2.20. The molecule has 1 heterocycles. The number of thioether (sulfide) groups is 1. The largest absolute Gasteiger partial charge is 0.493 e. The molecule has 1 N–H and O–H groups in total. The van der Waals surface area contributed by atoms with E-state index in [4.69, 9.17) is 40.0 Å². The fourth-order valence-electron chi connectivity index (χ4n) is 5.14. The maximum absolute atomic E-state index is 11.9. The molecule has 3 aromatic rings. The molecule has 3 unspecified atom stereocenters. The lowest BCUT2D eigenvalue weighted by Gasteiger charge is -2.22. The van der Waals surface area contributed by atoms with E-state index in [2.05, 4.69) is 0 Å². The summed E-state index contributed by atoms with van der Waals surface area (Å²) in [5.41, 5.74) is 2.41. The number of halogens is 1. The molecule has 0 radical (unpaired) electrons. The molecule has 1 amide bonds. The molecule has 1 saturated heterocycles. The van der Waals surface area contributed by atoms with Crippen LogP contribution in [-0.2, 0) is 16.0 Å². The van der Waals surface area contributed by atoms with Crippen molar-refractivity contribution < 1.29 is 38.4 Å². The van der Waals surface area contributed by atoms with Crippen LogP contribution in [-0.4, -0.2) is 50.1 Å². The normalized spacial score (nSPS) is 16.8. The molecule has 0 bridgehead atoms. The van der Waals surface area contributed by atoms with Crippen LogP contribution in [0.1, 0.15) is 62.0 Å².